The first-order valence-corrected chi connectivity index (χ1v) is 16.2. The lowest BCUT2D eigenvalue weighted by atomic mass is 9.99. The quantitative estimate of drug-likeness (QED) is 0.118. The molecule has 0 bridgehead atoms. The number of rotatable bonds is 16. The lowest BCUT2D eigenvalue weighted by molar-refractivity contribution is -0.141. The fourth-order valence-corrected chi connectivity index (χ4v) is 6.10. The average Bonchev–Trinajstić information content (AvgIpc) is 3.59. The Balaban J connectivity index is 1.64. The number of hydrogen-bond donors (Lipinski definition) is 5. The maximum absolute atomic E-state index is 14.3. The molecule has 8 N–H and O–H groups in total. The van der Waals surface area contributed by atoms with E-state index in [4.69, 9.17) is 17.2 Å². The summed E-state index contributed by atoms with van der Waals surface area (Å²) in [6, 6.07) is 21.6. The van der Waals surface area contributed by atoms with Crippen molar-refractivity contribution in [2.45, 2.75) is 56.8 Å². The Morgan fingerprint density at radius 3 is 2.28 bits per heavy atom. The topological polar surface area (TPSA) is 174 Å². The van der Waals surface area contributed by atoms with Gasteiger partial charge in [0, 0.05) is 36.9 Å². The molecule has 3 atom stereocenters. The molecule has 0 radical (unpaired) electrons. The number of thiophene rings is 1. The molecule has 242 valence electrons. The van der Waals surface area contributed by atoms with Crippen LogP contribution < -0.4 is 27.8 Å². The lowest BCUT2D eigenvalue weighted by Gasteiger charge is -2.32. The first kappa shape index (κ1) is 34.3. The van der Waals surface area contributed by atoms with Gasteiger partial charge in [0.05, 0.1) is 0 Å². The number of nitrogens with two attached hydrogens (primary N) is 3. The number of benzene rings is 3. The van der Waals surface area contributed by atoms with E-state index in [9.17, 15) is 19.2 Å². The van der Waals surface area contributed by atoms with Gasteiger partial charge in [0.1, 0.15) is 18.1 Å². The Morgan fingerprint density at radius 1 is 0.804 bits per heavy atom. The van der Waals surface area contributed by atoms with E-state index in [1.807, 2.05) is 66.0 Å². The summed E-state index contributed by atoms with van der Waals surface area (Å²) in [5, 5.41) is 9.64. The summed E-state index contributed by atoms with van der Waals surface area (Å²) in [5.41, 5.74) is 19.0. The van der Waals surface area contributed by atoms with E-state index >= 15 is 0 Å². The highest BCUT2D eigenvalue weighted by Gasteiger charge is 2.34. The molecule has 4 aromatic rings. The predicted molar refractivity (Wildman–Crippen MR) is 182 cm³/mol. The van der Waals surface area contributed by atoms with E-state index in [1.54, 1.807) is 25.2 Å². The fraction of sp³-hybridized carbons (Fsp3) is 0.314. The third-order valence-corrected chi connectivity index (χ3v) is 8.88. The highest BCUT2D eigenvalue weighted by molar-refractivity contribution is 7.09. The summed E-state index contributed by atoms with van der Waals surface area (Å²) in [5.74, 6) is -2.05. The molecule has 0 aliphatic rings. The maximum Gasteiger partial charge on any atom is 0.251 e. The molecule has 0 aliphatic carbocycles. The van der Waals surface area contributed by atoms with Crippen LogP contribution in [0.25, 0.3) is 10.8 Å². The maximum atomic E-state index is 14.3. The Kier molecular flexibility index (Phi) is 12.4. The number of fused-ring (bicyclic) bond motifs is 1. The number of amides is 4. The zero-order chi connectivity index (χ0) is 33.1. The number of unbranched alkanes of at least 4 members (excludes halogenated alkanes) is 1. The first-order valence-electron chi connectivity index (χ1n) is 15.4. The summed E-state index contributed by atoms with van der Waals surface area (Å²) in [6.45, 7) is 0.722. The van der Waals surface area contributed by atoms with Crippen molar-refractivity contribution in [2.75, 3.05) is 13.6 Å². The second-order valence-electron chi connectivity index (χ2n) is 11.3. The van der Waals surface area contributed by atoms with E-state index in [-0.39, 0.29) is 19.4 Å². The number of carbonyl (C=O) groups is 4. The van der Waals surface area contributed by atoms with E-state index in [0.29, 0.717) is 31.4 Å². The normalized spacial score (nSPS) is 13.0. The minimum Gasteiger partial charge on any atom is -0.368 e. The average molecular weight is 643 g/mol. The molecule has 0 spiro atoms. The monoisotopic (exact) mass is 642 g/mol. The molecule has 0 fully saturated rings. The SMILES string of the molecule is CN(C(=O)C(Cc1ccc2ccccc2c1)NC(=O)c1cccc(CN)c1)C(Cc1cccs1)C(=O)N[C@@H](CCCCN)C(N)=O. The molecular weight excluding hydrogens is 600 g/mol. The molecular formula is C35H42N6O4S. The second-order valence-corrected chi connectivity index (χ2v) is 12.3. The lowest BCUT2D eigenvalue weighted by Crippen LogP contribution is -2.57. The highest BCUT2D eigenvalue weighted by Crippen LogP contribution is 2.20. The van der Waals surface area contributed by atoms with Crippen molar-refractivity contribution in [1.82, 2.24) is 15.5 Å². The largest absolute Gasteiger partial charge is 0.368 e. The molecule has 4 rings (SSSR count). The van der Waals surface area contributed by atoms with E-state index < -0.39 is 41.8 Å². The van der Waals surface area contributed by atoms with Gasteiger partial charge in [-0.05, 0) is 71.3 Å². The van der Waals surface area contributed by atoms with Crippen molar-refractivity contribution in [1.29, 1.82) is 0 Å². The zero-order valence-electron chi connectivity index (χ0n) is 26.0. The molecule has 2 unspecified atom stereocenters. The Morgan fingerprint density at radius 2 is 1.59 bits per heavy atom. The van der Waals surface area contributed by atoms with Gasteiger partial charge >= 0.3 is 0 Å². The molecule has 3 aromatic carbocycles. The summed E-state index contributed by atoms with van der Waals surface area (Å²) < 4.78 is 0. The van der Waals surface area contributed by atoms with Crippen LogP contribution in [0.2, 0.25) is 0 Å². The molecule has 0 aliphatic heterocycles. The molecule has 0 saturated heterocycles. The van der Waals surface area contributed by atoms with Gasteiger partial charge in [-0.15, -0.1) is 11.3 Å². The van der Waals surface area contributed by atoms with Crippen molar-refractivity contribution in [3.8, 4) is 0 Å². The van der Waals surface area contributed by atoms with Crippen LogP contribution in [-0.4, -0.2) is 60.2 Å². The van der Waals surface area contributed by atoms with Crippen molar-refractivity contribution in [3.05, 3.63) is 106 Å². The van der Waals surface area contributed by atoms with Crippen LogP contribution in [-0.2, 0) is 33.8 Å². The Bertz CT molecular complexity index is 1640. The minimum absolute atomic E-state index is 0.187. The van der Waals surface area contributed by atoms with Crippen LogP contribution in [0, 0.1) is 0 Å². The van der Waals surface area contributed by atoms with Crippen LogP contribution in [0.4, 0.5) is 0 Å². The second kappa shape index (κ2) is 16.6. The summed E-state index contributed by atoms with van der Waals surface area (Å²) in [7, 11) is 1.54. The van der Waals surface area contributed by atoms with Crippen molar-refractivity contribution >= 4 is 45.7 Å². The molecule has 4 amide bonds. The number of likely N-dealkylation sites (N-methyl/N-ethyl adjacent to an activating group) is 1. The predicted octanol–water partition coefficient (Wildman–Crippen LogP) is 2.87. The summed E-state index contributed by atoms with van der Waals surface area (Å²) >= 11 is 1.46. The van der Waals surface area contributed by atoms with Gasteiger partial charge in [0.2, 0.25) is 17.7 Å². The third-order valence-electron chi connectivity index (χ3n) is 7.98. The van der Waals surface area contributed by atoms with E-state index in [1.165, 1.54) is 16.2 Å². The van der Waals surface area contributed by atoms with E-state index in [2.05, 4.69) is 10.6 Å². The van der Waals surface area contributed by atoms with Crippen molar-refractivity contribution in [2.24, 2.45) is 17.2 Å². The van der Waals surface area contributed by atoms with Crippen molar-refractivity contribution in [3.63, 3.8) is 0 Å². The summed E-state index contributed by atoms with van der Waals surface area (Å²) in [6.07, 6.45) is 2.03. The molecule has 46 heavy (non-hydrogen) atoms. The Hall–Kier alpha value is -4.58. The van der Waals surface area contributed by atoms with Crippen LogP contribution in [0.3, 0.4) is 0 Å². The van der Waals surface area contributed by atoms with Gasteiger partial charge in [0.15, 0.2) is 0 Å². The third kappa shape index (κ3) is 9.23. The number of primary amides is 1. The fourth-order valence-electron chi connectivity index (χ4n) is 5.35. The van der Waals surface area contributed by atoms with Gasteiger partial charge in [-0.3, -0.25) is 19.2 Å². The smallest absolute Gasteiger partial charge is 0.251 e. The van der Waals surface area contributed by atoms with Gasteiger partial charge in [-0.1, -0.05) is 60.7 Å². The van der Waals surface area contributed by atoms with Gasteiger partial charge in [-0.2, -0.15) is 0 Å². The van der Waals surface area contributed by atoms with Gasteiger partial charge < -0.3 is 32.7 Å². The molecule has 10 nitrogen and oxygen atoms in total. The van der Waals surface area contributed by atoms with Gasteiger partial charge in [-0.25, -0.2) is 0 Å². The first-order chi connectivity index (χ1) is 22.2. The van der Waals surface area contributed by atoms with Crippen molar-refractivity contribution < 1.29 is 19.2 Å². The number of carbonyl (C=O) groups excluding carboxylic acids is 4. The van der Waals surface area contributed by atoms with Crippen LogP contribution in [0.15, 0.2) is 84.2 Å². The molecule has 1 heterocycles. The zero-order valence-corrected chi connectivity index (χ0v) is 26.8. The molecule has 11 heteroatoms. The minimum atomic E-state index is -1.00. The molecule has 1 aromatic heterocycles. The van der Waals surface area contributed by atoms with Crippen LogP contribution in [0.1, 0.15) is 45.6 Å². The number of nitrogens with one attached hydrogen (secondary N) is 2. The standard InChI is InChI=1S/C35H42N6O4S/c1-41(31(21-28-12-7-17-46-28)34(44)39-29(32(38)42)13-4-5-16-36)35(45)30(40-33(43)27-11-6-8-24(19-27)22-37)20-23-14-15-25-9-2-3-10-26(25)18-23/h2-3,6-12,14-15,17-19,29-31H,4-5,13,16,20-22,36-37H2,1H3,(H2,38,42)(H,39,44)(H,40,43)/t29-,30?,31?/m0/s1. The number of nitrogens with zero attached hydrogens (tertiary/aromatic N) is 1. The number of hydrogen-bond acceptors (Lipinski definition) is 7. The summed E-state index contributed by atoms with van der Waals surface area (Å²) in [4.78, 5) is 56.0. The van der Waals surface area contributed by atoms with Crippen LogP contribution in [0.5, 0.6) is 0 Å². The Labute approximate surface area is 273 Å². The van der Waals surface area contributed by atoms with E-state index in [0.717, 1.165) is 26.8 Å². The highest BCUT2D eigenvalue weighted by atomic mass is 32.1. The van der Waals surface area contributed by atoms with Crippen LogP contribution >= 0.6 is 11.3 Å². The molecule has 0 saturated carbocycles. The van der Waals surface area contributed by atoms with Gasteiger partial charge in [0.25, 0.3) is 5.91 Å².